The van der Waals surface area contributed by atoms with Crippen molar-refractivity contribution in [2.75, 3.05) is 17.2 Å². The Balaban J connectivity index is 1.80. The third-order valence-electron chi connectivity index (χ3n) is 2.72. The smallest absolute Gasteiger partial charge is 0.262 e. The molecule has 2 heterocycles. The highest BCUT2D eigenvalue weighted by atomic mass is 16.5. The number of rotatable bonds is 2. The molecule has 0 bridgehead atoms. The number of aromatic nitrogens is 2. The van der Waals surface area contributed by atoms with Crippen LogP contribution in [-0.4, -0.2) is 28.6 Å². The van der Waals surface area contributed by atoms with Crippen molar-refractivity contribution in [1.29, 1.82) is 0 Å². The molecule has 1 aliphatic rings. The molecule has 0 aliphatic carbocycles. The summed E-state index contributed by atoms with van der Waals surface area (Å²) in [5.41, 5.74) is 1.49. The van der Waals surface area contributed by atoms with E-state index in [2.05, 4.69) is 20.8 Å². The van der Waals surface area contributed by atoms with Crippen LogP contribution >= 0.6 is 0 Å². The zero-order valence-electron chi connectivity index (χ0n) is 10.3. The van der Waals surface area contributed by atoms with E-state index in [1.54, 1.807) is 24.3 Å². The van der Waals surface area contributed by atoms with Gasteiger partial charge in [-0.2, -0.15) is 10.2 Å². The molecule has 0 atom stereocenters. The summed E-state index contributed by atoms with van der Waals surface area (Å²) in [5.74, 6) is 0.0513. The second kappa shape index (κ2) is 4.96. The van der Waals surface area contributed by atoms with Gasteiger partial charge in [0, 0.05) is 5.69 Å². The number of amides is 2. The molecule has 1 aromatic heterocycles. The molecule has 0 spiro atoms. The van der Waals surface area contributed by atoms with E-state index in [9.17, 15) is 9.59 Å². The summed E-state index contributed by atoms with van der Waals surface area (Å²) in [6.07, 6.45) is 2.81. The van der Waals surface area contributed by atoms with E-state index in [1.807, 2.05) is 0 Å². The van der Waals surface area contributed by atoms with Gasteiger partial charge >= 0.3 is 0 Å². The normalized spacial score (nSPS) is 12.9. The van der Waals surface area contributed by atoms with Crippen molar-refractivity contribution < 1.29 is 14.3 Å². The van der Waals surface area contributed by atoms with Crippen LogP contribution in [0.2, 0.25) is 0 Å². The highest BCUT2D eigenvalue weighted by molar-refractivity contribution is 6.04. The Hall–Kier alpha value is -2.96. The Kier molecular flexibility index (Phi) is 3.00. The van der Waals surface area contributed by atoms with Crippen LogP contribution in [0.1, 0.15) is 10.4 Å². The van der Waals surface area contributed by atoms with E-state index in [4.69, 9.17) is 4.74 Å². The maximum Gasteiger partial charge on any atom is 0.262 e. The van der Waals surface area contributed by atoms with Crippen LogP contribution in [0.5, 0.6) is 5.75 Å². The number of anilines is 2. The lowest BCUT2D eigenvalue weighted by Gasteiger charge is -2.18. The summed E-state index contributed by atoms with van der Waals surface area (Å²) in [5, 5.41) is 12.6. The molecule has 0 unspecified atom stereocenters. The summed E-state index contributed by atoms with van der Waals surface area (Å²) in [4.78, 5) is 23.2. The molecule has 7 heteroatoms. The number of fused-ring (bicyclic) bond motifs is 1. The van der Waals surface area contributed by atoms with Gasteiger partial charge in [-0.1, -0.05) is 0 Å². The molecule has 100 valence electrons. The Morgan fingerprint density at radius 1 is 1.30 bits per heavy atom. The molecule has 2 N–H and O–H groups in total. The van der Waals surface area contributed by atoms with Gasteiger partial charge in [0.25, 0.3) is 11.8 Å². The fourth-order valence-corrected chi connectivity index (χ4v) is 1.79. The first kappa shape index (κ1) is 12.1. The van der Waals surface area contributed by atoms with Crippen molar-refractivity contribution in [1.82, 2.24) is 10.2 Å². The van der Waals surface area contributed by atoms with Crippen molar-refractivity contribution in [3.05, 3.63) is 42.2 Å². The zero-order valence-corrected chi connectivity index (χ0v) is 10.3. The van der Waals surface area contributed by atoms with Crippen molar-refractivity contribution in [2.45, 2.75) is 0 Å². The van der Waals surface area contributed by atoms with Gasteiger partial charge in [0.2, 0.25) is 0 Å². The van der Waals surface area contributed by atoms with Crippen LogP contribution in [0.4, 0.5) is 11.4 Å². The standard InChI is InChI=1S/C13H10N4O3/c18-12-7-20-11-2-1-9(5-10(11)17-12)16-13(19)8-3-4-14-15-6-8/h1-6H,7H2,(H,16,19)(H,17,18). The van der Waals surface area contributed by atoms with Crippen LogP contribution in [-0.2, 0) is 4.79 Å². The maximum atomic E-state index is 11.9. The fraction of sp³-hybridized carbons (Fsp3) is 0.0769. The summed E-state index contributed by atoms with van der Waals surface area (Å²) in [7, 11) is 0. The molecule has 20 heavy (non-hydrogen) atoms. The first-order chi connectivity index (χ1) is 9.72. The molecule has 0 fully saturated rings. The van der Waals surface area contributed by atoms with E-state index in [0.29, 0.717) is 22.7 Å². The van der Waals surface area contributed by atoms with Crippen LogP contribution in [0.3, 0.4) is 0 Å². The molecule has 0 radical (unpaired) electrons. The SMILES string of the molecule is O=C1COc2ccc(NC(=O)c3ccnnc3)cc2N1. The number of hydrogen-bond donors (Lipinski definition) is 2. The van der Waals surface area contributed by atoms with Gasteiger partial charge in [-0.3, -0.25) is 9.59 Å². The zero-order chi connectivity index (χ0) is 13.9. The molecule has 2 amide bonds. The second-order valence-electron chi connectivity index (χ2n) is 4.13. The van der Waals surface area contributed by atoms with Gasteiger partial charge in [0.1, 0.15) is 5.75 Å². The van der Waals surface area contributed by atoms with Gasteiger partial charge in [-0.15, -0.1) is 0 Å². The lowest BCUT2D eigenvalue weighted by molar-refractivity contribution is -0.118. The molecule has 0 saturated heterocycles. The first-order valence-corrected chi connectivity index (χ1v) is 5.87. The molecular weight excluding hydrogens is 260 g/mol. The Morgan fingerprint density at radius 3 is 3.00 bits per heavy atom. The van der Waals surface area contributed by atoms with Gasteiger partial charge in [0.15, 0.2) is 6.61 Å². The first-order valence-electron chi connectivity index (χ1n) is 5.87. The summed E-state index contributed by atoms with van der Waals surface area (Å²) in [6, 6.07) is 6.59. The number of carbonyl (C=O) groups is 2. The molecule has 2 aromatic rings. The van der Waals surface area contributed by atoms with Crippen molar-refractivity contribution >= 4 is 23.2 Å². The van der Waals surface area contributed by atoms with Crippen molar-refractivity contribution in [3.8, 4) is 5.75 Å². The Labute approximate surface area is 114 Å². The summed E-state index contributed by atoms with van der Waals surface area (Å²) < 4.78 is 5.24. The number of hydrogen-bond acceptors (Lipinski definition) is 5. The summed E-state index contributed by atoms with van der Waals surface area (Å²) >= 11 is 0. The number of carbonyl (C=O) groups excluding carboxylic acids is 2. The minimum atomic E-state index is -0.303. The van der Waals surface area contributed by atoms with Crippen LogP contribution < -0.4 is 15.4 Å². The molecule has 1 aliphatic heterocycles. The molecule has 1 aromatic carbocycles. The lowest BCUT2D eigenvalue weighted by Crippen LogP contribution is -2.25. The quantitative estimate of drug-likeness (QED) is 0.851. The van der Waals surface area contributed by atoms with Crippen LogP contribution in [0, 0.1) is 0 Å². The van der Waals surface area contributed by atoms with Crippen LogP contribution in [0.15, 0.2) is 36.7 Å². The molecule has 7 nitrogen and oxygen atoms in total. The fourth-order valence-electron chi connectivity index (χ4n) is 1.79. The maximum absolute atomic E-state index is 11.9. The van der Waals surface area contributed by atoms with Gasteiger partial charge in [-0.05, 0) is 24.3 Å². The molecule has 0 saturated carbocycles. The molecular formula is C13H10N4O3. The van der Waals surface area contributed by atoms with Crippen LogP contribution in [0.25, 0.3) is 0 Å². The number of benzene rings is 1. The third kappa shape index (κ3) is 2.41. The third-order valence-corrected chi connectivity index (χ3v) is 2.72. The van der Waals surface area contributed by atoms with E-state index >= 15 is 0 Å². The highest BCUT2D eigenvalue weighted by Crippen LogP contribution is 2.30. The van der Waals surface area contributed by atoms with Gasteiger partial charge in [0.05, 0.1) is 23.6 Å². The predicted molar refractivity (Wildman–Crippen MR) is 70.6 cm³/mol. The molecule has 3 rings (SSSR count). The predicted octanol–water partition coefficient (Wildman–Crippen LogP) is 1.06. The number of nitrogens with zero attached hydrogens (tertiary/aromatic N) is 2. The average Bonchev–Trinajstić information content (AvgIpc) is 2.47. The largest absolute Gasteiger partial charge is 0.482 e. The van der Waals surface area contributed by atoms with E-state index in [0.717, 1.165) is 0 Å². The number of ether oxygens (including phenoxy) is 1. The Bertz CT molecular complexity index is 673. The summed E-state index contributed by atoms with van der Waals surface area (Å²) in [6.45, 7) is 0.00138. The number of nitrogens with one attached hydrogen (secondary N) is 2. The lowest BCUT2D eigenvalue weighted by atomic mass is 10.2. The minimum Gasteiger partial charge on any atom is -0.482 e. The Morgan fingerprint density at radius 2 is 2.20 bits per heavy atom. The highest BCUT2D eigenvalue weighted by Gasteiger charge is 2.16. The van der Waals surface area contributed by atoms with Crippen molar-refractivity contribution in [3.63, 3.8) is 0 Å². The second-order valence-corrected chi connectivity index (χ2v) is 4.13. The van der Waals surface area contributed by atoms with Gasteiger partial charge < -0.3 is 15.4 Å². The van der Waals surface area contributed by atoms with E-state index < -0.39 is 0 Å². The van der Waals surface area contributed by atoms with Crippen molar-refractivity contribution in [2.24, 2.45) is 0 Å². The van der Waals surface area contributed by atoms with E-state index in [-0.39, 0.29) is 18.4 Å². The monoisotopic (exact) mass is 270 g/mol. The van der Waals surface area contributed by atoms with E-state index in [1.165, 1.54) is 12.4 Å². The van der Waals surface area contributed by atoms with Gasteiger partial charge in [-0.25, -0.2) is 0 Å². The average molecular weight is 270 g/mol. The minimum absolute atomic E-state index is 0.00138. The topological polar surface area (TPSA) is 93.2 Å².